The molecule has 0 bridgehead atoms. The number of hydrogen-bond acceptors (Lipinski definition) is 3. The Bertz CT molecular complexity index is 232. The Hall–Kier alpha value is -0.120. The van der Waals surface area contributed by atoms with Crippen LogP contribution < -0.4 is 0 Å². The van der Waals surface area contributed by atoms with E-state index in [9.17, 15) is 0 Å². The lowest BCUT2D eigenvalue weighted by molar-refractivity contribution is 0.180. The standard InChI is InChI=1S/C17H37N3/c1-5-6-7-8-9-10-11-17-16-19(3)13-12-18(2)14-15-20(17)4/h17H,5-16H2,1-4H3. The number of likely N-dealkylation sites (N-methyl/N-ethyl adjacent to an activating group) is 3. The molecule has 0 aromatic carbocycles. The monoisotopic (exact) mass is 283 g/mol. The molecule has 0 N–H and O–H groups in total. The van der Waals surface area contributed by atoms with Gasteiger partial charge in [0, 0.05) is 38.8 Å². The average Bonchev–Trinajstić information content (AvgIpc) is 2.49. The van der Waals surface area contributed by atoms with Crippen molar-refractivity contribution in [1.82, 2.24) is 14.7 Å². The normalized spacial score (nSPS) is 24.3. The van der Waals surface area contributed by atoms with Crippen LogP contribution in [0.15, 0.2) is 0 Å². The second-order valence-electron chi connectivity index (χ2n) is 6.76. The molecule has 0 aliphatic carbocycles. The van der Waals surface area contributed by atoms with Crippen molar-refractivity contribution in [2.24, 2.45) is 0 Å². The highest BCUT2D eigenvalue weighted by atomic mass is 15.2. The Labute approximate surface area is 127 Å². The van der Waals surface area contributed by atoms with Crippen LogP contribution in [0.5, 0.6) is 0 Å². The number of unbranched alkanes of at least 4 members (excludes halogenated alkanes) is 5. The van der Waals surface area contributed by atoms with Crippen LogP contribution in [-0.2, 0) is 0 Å². The Balaban J connectivity index is 2.28. The van der Waals surface area contributed by atoms with Crippen LogP contribution in [0.1, 0.15) is 51.9 Å². The van der Waals surface area contributed by atoms with Gasteiger partial charge in [-0.3, -0.25) is 0 Å². The molecule has 1 unspecified atom stereocenters. The molecule has 0 aromatic heterocycles. The molecule has 1 aliphatic rings. The Morgan fingerprint density at radius 3 is 2.10 bits per heavy atom. The number of rotatable bonds is 7. The van der Waals surface area contributed by atoms with E-state index < -0.39 is 0 Å². The maximum Gasteiger partial charge on any atom is 0.0220 e. The van der Waals surface area contributed by atoms with Gasteiger partial charge in [0.05, 0.1) is 0 Å². The van der Waals surface area contributed by atoms with Crippen LogP contribution in [0.4, 0.5) is 0 Å². The molecular formula is C17H37N3. The van der Waals surface area contributed by atoms with Gasteiger partial charge >= 0.3 is 0 Å². The van der Waals surface area contributed by atoms with Gasteiger partial charge in [-0.15, -0.1) is 0 Å². The van der Waals surface area contributed by atoms with E-state index in [-0.39, 0.29) is 0 Å². The first-order valence-electron chi connectivity index (χ1n) is 8.70. The van der Waals surface area contributed by atoms with Gasteiger partial charge in [-0.05, 0) is 27.6 Å². The zero-order valence-corrected chi connectivity index (χ0v) is 14.4. The van der Waals surface area contributed by atoms with Crippen molar-refractivity contribution in [2.75, 3.05) is 53.9 Å². The molecular weight excluding hydrogens is 246 g/mol. The zero-order valence-electron chi connectivity index (χ0n) is 14.4. The first kappa shape index (κ1) is 17.9. The summed E-state index contributed by atoms with van der Waals surface area (Å²) in [5.41, 5.74) is 0. The fraction of sp³-hybridized carbons (Fsp3) is 1.00. The summed E-state index contributed by atoms with van der Waals surface area (Å²) in [6.07, 6.45) is 9.83. The highest BCUT2D eigenvalue weighted by Crippen LogP contribution is 2.13. The van der Waals surface area contributed by atoms with Crippen LogP contribution in [0.2, 0.25) is 0 Å². The quantitative estimate of drug-likeness (QED) is 0.665. The van der Waals surface area contributed by atoms with Crippen molar-refractivity contribution in [1.29, 1.82) is 0 Å². The number of nitrogens with zero attached hydrogens (tertiary/aromatic N) is 3. The van der Waals surface area contributed by atoms with Gasteiger partial charge in [0.2, 0.25) is 0 Å². The molecule has 0 saturated carbocycles. The molecule has 120 valence electrons. The van der Waals surface area contributed by atoms with Crippen LogP contribution in [0.25, 0.3) is 0 Å². The minimum atomic E-state index is 0.748. The molecule has 20 heavy (non-hydrogen) atoms. The third kappa shape index (κ3) is 7.61. The molecule has 0 radical (unpaired) electrons. The van der Waals surface area contributed by atoms with E-state index in [4.69, 9.17) is 0 Å². The van der Waals surface area contributed by atoms with E-state index in [1.54, 1.807) is 0 Å². The van der Waals surface area contributed by atoms with Crippen LogP contribution >= 0.6 is 0 Å². The summed E-state index contributed by atoms with van der Waals surface area (Å²) < 4.78 is 0. The Kier molecular flexibility index (Phi) is 9.49. The Morgan fingerprint density at radius 1 is 0.750 bits per heavy atom. The van der Waals surface area contributed by atoms with Gasteiger partial charge in [0.1, 0.15) is 0 Å². The molecule has 1 fully saturated rings. The summed E-state index contributed by atoms with van der Waals surface area (Å²) in [6, 6.07) is 0.748. The SMILES string of the molecule is CCCCCCCCC1CN(C)CCN(C)CCN1C. The minimum Gasteiger partial charge on any atom is -0.304 e. The fourth-order valence-electron chi connectivity index (χ4n) is 3.03. The fourth-order valence-corrected chi connectivity index (χ4v) is 3.03. The third-order valence-electron chi connectivity index (χ3n) is 4.73. The van der Waals surface area contributed by atoms with Gasteiger partial charge < -0.3 is 14.7 Å². The van der Waals surface area contributed by atoms with Crippen molar-refractivity contribution < 1.29 is 0 Å². The average molecular weight is 284 g/mol. The lowest BCUT2D eigenvalue weighted by atomic mass is 10.0. The molecule has 0 amide bonds. The van der Waals surface area contributed by atoms with Gasteiger partial charge in [-0.1, -0.05) is 45.4 Å². The maximum absolute atomic E-state index is 2.59. The smallest absolute Gasteiger partial charge is 0.0220 e. The molecule has 0 spiro atoms. The molecule has 1 rings (SSSR count). The maximum atomic E-state index is 2.59. The lowest BCUT2D eigenvalue weighted by Gasteiger charge is -2.30. The molecule has 1 atom stereocenters. The van der Waals surface area contributed by atoms with E-state index >= 15 is 0 Å². The summed E-state index contributed by atoms with van der Waals surface area (Å²) in [4.78, 5) is 7.56. The van der Waals surface area contributed by atoms with Crippen molar-refractivity contribution in [3.05, 3.63) is 0 Å². The van der Waals surface area contributed by atoms with Gasteiger partial charge in [-0.2, -0.15) is 0 Å². The van der Waals surface area contributed by atoms with Crippen molar-refractivity contribution >= 4 is 0 Å². The van der Waals surface area contributed by atoms with E-state index in [1.807, 2.05) is 0 Å². The summed E-state index contributed by atoms with van der Waals surface area (Å²) in [7, 11) is 6.84. The van der Waals surface area contributed by atoms with Crippen molar-refractivity contribution in [3.63, 3.8) is 0 Å². The second kappa shape index (κ2) is 10.6. The summed E-state index contributed by atoms with van der Waals surface area (Å²) in [5, 5.41) is 0. The molecule has 3 nitrogen and oxygen atoms in total. The van der Waals surface area contributed by atoms with Crippen molar-refractivity contribution in [3.8, 4) is 0 Å². The first-order chi connectivity index (χ1) is 9.63. The molecule has 0 aromatic rings. The summed E-state index contributed by atoms with van der Waals surface area (Å²) in [6.45, 7) is 8.35. The highest BCUT2D eigenvalue weighted by Gasteiger charge is 2.19. The Morgan fingerprint density at radius 2 is 1.35 bits per heavy atom. The lowest BCUT2D eigenvalue weighted by Crippen LogP contribution is -2.41. The topological polar surface area (TPSA) is 9.72 Å². The predicted octanol–water partition coefficient (Wildman–Crippen LogP) is 2.91. The largest absolute Gasteiger partial charge is 0.304 e. The molecule has 1 aliphatic heterocycles. The predicted molar refractivity (Wildman–Crippen MR) is 89.4 cm³/mol. The minimum absolute atomic E-state index is 0.748. The molecule has 3 heteroatoms. The second-order valence-corrected chi connectivity index (χ2v) is 6.76. The van der Waals surface area contributed by atoms with Gasteiger partial charge in [0.25, 0.3) is 0 Å². The zero-order chi connectivity index (χ0) is 14.8. The van der Waals surface area contributed by atoms with Gasteiger partial charge in [-0.25, -0.2) is 0 Å². The van der Waals surface area contributed by atoms with Crippen molar-refractivity contribution in [2.45, 2.75) is 57.9 Å². The van der Waals surface area contributed by atoms with Gasteiger partial charge in [0.15, 0.2) is 0 Å². The molecule has 1 saturated heterocycles. The van der Waals surface area contributed by atoms with Crippen LogP contribution in [0.3, 0.4) is 0 Å². The summed E-state index contributed by atoms with van der Waals surface area (Å²) >= 11 is 0. The molecule has 1 heterocycles. The first-order valence-corrected chi connectivity index (χ1v) is 8.70. The van der Waals surface area contributed by atoms with Crippen LogP contribution in [0, 0.1) is 0 Å². The van der Waals surface area contributed by atoms with E-state index in [0.717, 1.165) is 6.04 Å². The van der Waals surface area contributed by atoms with E-state index in [1.165, 1.54) is 77.7 Å². The summed E-state index contributed by atoms with van der Waals surface area (Å²) in [5.74, 6) is 0. The third-order valence-corrected chi connectivity index (χ3v) is 4.73. The van der Waals surface area contributed by atoms with E-state index in [0.29, 0.717) is 0 Å². The number of hydrogen-bond donors (Lipinski definition) is 0. The van der Waals surface area contributed by atoms with E-state index in [2.05, 4.69) is 42.8 Å². The highest BCUT2D eigenvalue weighted by molar-refractivity contribution is 4.76. The van der Waals surface area contributed by atoms with Crippen LogP contribution in [-0.4, -0.2) is 74.6 Å².